The SMILES string of the molecule is O=C(Nc1c(C(=O)O)sc2ncc(Br)cc12)OCc1ccccc1. The lowest BCUT2D eigenvalue weighted by Gasteiger charge is -2.07. The van der Waals surface area contributed by atoms with Gasteiger partial charge < -0.3 is 9.84 Å². The molecule has 1 amide bonds. The van der Waals surface area contributed by atoms with Gasteiger partial charge in [-0.15, -0.1) is 11.3 Å². The Hall–Kier alpha value is -2.45. The smallest absolute Gasteiger partial charge is 0.412 e. The van der Waals surface area contributed by atoms with Crippen molar-refractivity contribution < 1.29 is 19.4 Å². The minimum atomic E-state index is -1.13. The molecule has 1 aromatic carbocycles. The molecule has 6 nitrogen and oxygen atoms in total. The number of fused-ring (bicyclic) bond motifs is 1. The summed E-state index contributed by atoms with van der Waals surface area (Å²) in [5.74, 6) is -1.13. The van der Waals surface area contributed by atoms with Crippen LogP contribution in [-0.4, -0.2) is 22.2 Å². The largest absolute Gasteiger partial charge is 0.477 e. The number of aromatic nitrogens is 1. The Morgan fingerprint density at radius 1 is 1.29 bits per heavy atom. The summed E-state index contributed by atoms with van der Waals surface area (Å²) in [6.45, 7) is 0.0963. The van der Waals surface area contributed by atoms with Crippen molar-refractivity contribution in [1.82, 2.24) is 4.98 Å². The molecular formula is C16H11BrN2O4S. The Morgan fingerprint density at radius 2 is 2.04 bits per heavy atom. The van der Waals surface area contributed by atoms with Crippen LogP contribution in [0.1, 0.15) is 15.2 Å². The zero-order chi connectivity index (χ0) is 17.1. The van der Waals surface area contributed by atoms with Crippen LogP contribution >= 0.6 is 27.3 Å². The second-order valence-corrected chi connectivity index (χ2v) is 6.72. The van der Waals surface area contributed by atoms with E-state index in [4.69, 9.17) is 4.74 Å². The Morgan fingerprint density at radius 3 is 2.75 bits per heavy atom. The van der Waals surface area contributed by atoms with Crippen molar-refractivity contribution in [2.45, 2.75) is 6.61 Å². The van der Waals surface area contributed by atoms with E-state index in [9.17, 15) is 14.7 Å². The van der Waals surface area contributed by atoms with Crippen LogP contribution in [0.15, 0.2) is 47.1 Å². The van der Waals surface area contributed by atoms with Crippen LogP contribution in [0.5, 0.6) is 0 Å². The fraction of sp³-hybridized carbons (Fsp3) is 0.0625. The number of carboxylic acid groups (broad SMARTS) is 1. The molecule has 0 fully saturated rings. The van der Waals surface area contributed by atoms with Gasteiger partial charge in [-0.05, 0) is 27.6 Å². The van der Waals surface area contributed by atoms with Crippen molar-refractivity contribution in [3.05, 3.63) is 57.5 Å². The average molecular weight is 407 g/mol. The van der Waals surface area contributed by atoms with E-state index >= 15 is 0 Å². The van der Waals surface area contributed by atoms with E-state index in [1.54, 1.807) is 12.3 Å². The van der Waals surface area contributed by atoms with Gasteiger partial charge >= 0.3 is 12.1 Å². The first-order chi connectivity index (χ1) is 11.5. The molecule has 3 aromatic rings. The first-order valence-corrected chi connectivity index (χ1v) is 8.44. The van der Waals surface area contributed by atoms with Crippen LogP contribution in [0, 0.1) is 0 Å². The van der Waals surface area contributed by atoms with Crippen LogP contribution in [0.4, 0.5) is 10.5 Å². The third-order valence-corrected chi connectivity index (χ3v) is 4.68. The monoisotopic (exact) mass is 406 g/mol. The molecule has 0 atom stereocenters. The van der Waals surface area contributed by atoms with E-state index in [-0.39, 0.29) is 17.2 Å². The number of pyridine rings is 1. The molecule has 0 bridgehead atoms. The number of amides is 1. The zero-order valence-electron chi connectivity index (χ0n) is 12.2. The summed E-state index contributed by atoms with van der Waals surface area (Å²) in [5.41, 5.74) is 1.03. The molecule has 3 rings (SSSR count). The van der Waals surface area contributed by atoms with Crippen LogP contribution in [0.2, 0.25) is 0 Å². The summed E-state index contributed by atoms with van der Waals surface area (Å²) in [5, 5.41) is 12.4. The second kappa shape index (κ2) is 6.98. The van der Waals surface area contributed by atoms with Gasteiger partial charge in [0.05, 0.1) is 5.69 Å². The van der Waals surface area contributed by atoms with Crippen molar-refractivity contribution >= 4 is 55.2 Å². The fourth-order valence-electron chi connectivity index (χ4n) is 2.09. The predicted molar refractivity (Wildman–Crippen MR) is 94.5 cm³/mol. The highest BCUT2D eigenvalue weighted by atomic mass is 79.9. The van der Waals surface area contributed by atoms with Gasteiger partial charge in [0.1, 0.15) is 16.3 Å². The Kier molecular flexibility index (Phi) is 4.77. The molecular weight excluding hydrogens is 396 g/mol. The number of nitrogens with zero attached hydrogens (tertiary/aromatic N) is 1. The van der Waals surface area contributed by atoms with Crippen molar-refractivity contribution in [2.24, 2.45) is 0 Å². The number of benzene rings is 1. The van der Waals surface area contributed by atoms with E-state index in [1.165, 1.54) is 0 Å². The molecule has 24 heavy (non-hydrogen) atoms. The molecule has 0 saturated heterocycles. The number of carboxylic acids is 1. The molecule has 0 spiro atoms. The minimum Gasteiger partial charge on any atom is -0.477 e. The Bertz CT molecular complexity index is 911. The highest BCUT2D eigenvalue weighted by Crippen LogP contribution is 2.36. The van der Waals surface area contributed by atoms with Crippen molar-refractivity contribution in [1.29, 1.82) is 0 Å². The lowest BCUT2D eigenvalue weighted by atomic mass is 10.2. The summed E-state index contributed by atoms with van der Waals surface area (Å²) in [6, 6.07) is 10.9. The topological polar surface area (TPSA) is 88.5 Å². The van der Waals surface area contributed by atoms with Crippen LogP contribution in [0.3, 0.4) is 0 Å². The maximum atomic E-state index is 12.0. The molecule has 0 radical (unpaired) electrons. The summed E-state index contributed by atoms with van der Waals surface area (Å²) >= 11 is 4.29. The number of nitrogens with one attached hydrogen (secondary N) is 1. The first-order valence-electron chi connectivity index (χ1n) is 6.83. The number of hydrogen-bond donors (Lipinski definition) is 2. The number of hydrogen-bond acceptors (Lipinski definition) is 5. The van der Waals surface area contributed by atoms with Gasteiger partial charge in [-0.3, -0.25) is 5.32 Å². The molecule has 0 saturated carbocycles. The minimum absolute atomic E-state index is 0.00672. The Balaban J connectivity index is 1.83. The summed E-state index contributed by atoms with van der Waals surface area (Å²) in [7, 11) is 0. The zero-order valence-corrected chi connectivity index (χ0v) is 14.6. The van der Waals surface area contributed by atoms with Crippen LogP contribution in [-0.2, 0) is 11.3 Å². The summed E-state index contributed by atoms with van der Waals surface area (Å²) in [6.07, 6.45) is 0.850. The molecule has 2 aromatic heterocycles. The number of thiophene rings is 1. The number of carbonyl (C=O) groups excluding carboxylic acids is 1. The van der Waals surface area contributed by atoms with E-state index in [0.717, 1.165) is 16.9 Å². The van der Waals surface area contributed by atoms with Gasteiger partial charge in [-0.1, -0.05) is 30.3 Å². The summed E-state index contributed by atoms with van der Waals surface area (Å²) in [4.78, 5) is 28.1. The summed E-state index contributed by atoms with van der Waals surface area (Å²) < 4.78 is 5.83. The lowest BCUT2D eigenvalue weighted by Crippen LogP contribution is -2.15. The van der Waals surface area contributed by atoms with E-state index in [1.807, 2.05) is 30.3 Å². The van der Waals surface area contributed by atoms with E-state index < -0.39 is 12.1 Å². The average Bonchev–Trinajstić information content (AvgIpc) is 2.92. The molecule has 8 heteroatoms. The number of halogens is 1. The number of carbonyl (C=O) groups is 2. The van der Waals surface area contributed by atoms with Gasteiger partial charge in [0.25, 0.3) is 0 Å². The third-order valence-electron chi connectivity index (χ3n) is 3.15. The van der Waals surface area contributed by atoms with E-state index in [2.05, 4.69) is 26.2 Å². The highest BCUT2D eigenvalue weighted by molar-refractivity contribution is 9.10. The van der Waals surface area contributed by atoms with Gasteiger partial charge in [0.2, 0.25) is 0 Å². The molecule has 0 unspecified atom stereocenters. The van der Waals surface area contributed by atoms with Crippen LogP contribution < -0.4 is 5.32 Å². The van der Waals surface area contributed by atoms with Crippen molar-refractivity contribution in [3.8, 4) is 0 Å². The molecule has 0 aliphatic rings. The van der Waals surface area contributed by atoms with Crippen molar-refractivity contribution in [3.63, 3.8) is 0 Å². The molecule has 122 valence electrons. The molecule has 0 aliphatic heterocycles. The second-order valence-electron chi connectivity index (χ2n) is 4.80. The number of aromatic carboxylic acids is 1. The lowest BCUT2D eigenvalue weighted by molar-refractivity contribution is 0.0703. The van der Waals surface area contributed by atoms with Gasteiger partial charge in [0.15, 0.2) is 0 Å². The highest BCUT2D eigenvalue weighted by Gasteiger charge is 2.21. The maximum absolute atomic E-state index is 12.0. The quantitative estimate of drug-likeness (QED) is 0.665. The van der Waals surface area contributed by atoms with Crippen LogP contribution in [0.25, 0.3) is 10.2 Å². The normalized spacial score (nSPS) is 10.5. The predicted octanol–water partition coefficient (Wildman–Crippen LogP) is 4.51. The standard InChI is InChI=1S/C16H11BrN2O4S/c17-10-6-11-12(13(15(20)21)24-14(11)18-7-10)19-16(22)23-8-9-4-2-1-3-5-9/h1-7H,8H2,(H,19,22)(H,20,21). The van der Waals surface area contributed by atoms with Gasteiger partial charge in [0, 0.05) is 16.1 Å². The van der Waals surface area contributed by atoms with Gasteiger partial charge in [-0.2, -0.15) is 0 Å². The molecule has 0 aliphatic carbocycles. The van der Waals surface area contributed by atoms with E-state index in [0.29, 0.717) is 14.7 Å². The fourth-order valence-corrected chi connectivity index (χ4v) is 3.34. The van der Waals surface area contributed by atoms with Gasteiger partial charge in [-0.25, -0.2) is 14.6 Å². The molecule has 2 N–H and O–H groups in total. The number of anilines is 1. The third kappa shape index (κ3) is 3.55. The number of ether oxygens (including phenoxy) is 1. The molecule has 2 heterocycles. The number of rotatable bonds is 4. The Labute approximate surface area is 149 Å². The maximum Gasteiger partial charge on any atom is 0.412 e. The first kappa shape index (κ1) is 16.4. The van der Waals surface area contributed by atoms with Crippen molar-refractivity contribution in [2.75, 3.05) is 5.32 Å².